The van der Waals surface area contributed by atoms with Crippen molar-refractivity contribution in [3.63, 3.8) is 0 Å². The van der Waals surface area contributed by atoms with E-state index in [2.05, 4.69) is 21.2 Å². The molecule has 5 heteroatoms. The van der Waals surface area contributed by atoms with Gasteiger partial charge in [-0.2, -0.15) is 0 Å². The van der Waals surface area contributed by atoms with Crippen LogP contribution in [0.2, 0.25) is 0 Å². The van der Waals surface area contributed by atoms with E-state index in [1.165, 1.54) is 6.07 Å². The Morgan fingerprint density at radius 1 is 1.41 bits per heavy atom. The van der Waals surface area contributed by atoms with E-state index in [-0.39, 0.29) is 11.5 Å². The van der Waals surface area contributed by atoms with Crippen molar-refractivity contribution in [2.75, 3.05) is 5.32 Å². The summed E-state index contributed by atoms with van der Waals surface area (Å²) in [6, 6.07) is 3.31. The first-order chi connectivity index (χ1) is 7.95. The van der Waals surface area contributed by atoms with E-state index in [1.54, 1.807) is 13.0 Å². The lowest BCUT2D eigenvalue weighted by molar-refractivity contribution is -0.116. The number of hydrogen-bond donors (Lipinski definition) is 2. The molecule has 2 N–H and O–H groups in total. The zero-order valence-electron chi connectivity index (χ0n) is 9.71. The monoisotopic (exact) mass is 299 g/mol. The molecule has 0 saturated heterocycles. The highest BCUT2D eigenvalue weighted by molar-refractivity contribution is 9.10. The second kappa shape index (κ2) is 5.82. The summed E-state index contributed by atoms with van der Waals surface area (Å²) in [5, 5.41) is 11.7. The van der Waals surface area contributed by atoms with E-state index in [1.807, 2.05) is 6.92 Å². The van der Waals surface area contributed by atoms with Gasteiger partial charge < -0.3 is 10.4 Å². The maximum Gasteiger partial charge on any atom is 0.337 e. The van der Waals surface area contributed by atoms with E-state index in [0.717, 1.165) is 12.0 Å². The number of carbonyl (C=O) groups is 2. The highest BCUT2D eigenvalue weighted by Gasteiger charge is 2.15. The number of carboxylic acid groups (broad SMARTS) is 1. The summed E-state index contributed by atoms with van der Waals surface area (Å²) in [7, 11) is 0. The number of benzene rings is 1. The number of amides is 1. The number of aryl methyl sites for hydroxylation is 1. The molecule has 0 bridgehead atoms. The van der Waals surface area contributed by atoms with Gasteiger partial charge in [0.05, 0.1) is 11.3 Å². The van der Waals surface area contributed by atoms with Crippen molar-refractivity contribution < 1.29 is 14.7 Å². The average molecular weight is 300 g/mol. The maximum atomic E-state index is 11.5. The average Bonchev–Trinajstić information content (AvgIpc) is 2.21. The number of rotatable bonds is 4. The second-order valence-corrected chi connectivity index (χ2v) is 4.63. The molecule has 0 aromatic heterocycles. The molecule has 1 rings (SSSR count). The third kappa shape index (κ3) is 3.56. The Balaban J connectivity index is 3.12. The first-order valence-corrected chi connectivity index (χ1v) is 6.08. The van der Waals surface area contributed by atoms with Crippen LogP contribution in [0.25, 0.3) is 0 Å². The third-order valence-corrected chi connectivity index (χ3v) is 2.83. The topological polar surface area (TPSA) is 66.4 Å². The van der Waals surface area contributed by atoms with Gasteiger partial charge in [0.2, 0.25) is 5.91 Å². The molecule has 0 aliphatic rings. The van der Waals surface area contributed by atoms with E-state index >= 15 is 0 Å². The Morgan fingerprint density at radius 3 is 2.59 bits per heavy atom. The fraction of sp³-hybridized carbons (Fsp3) is 0.333. The van der Waals surface area contributed by atoms with E-state index < -0.39 is 5.97 Å². The third-order valence-electron chi connectivity index (χ3n) is 2.21. The zero-order chi connectivity index (χ0) is 13.0. The smallest absolute Gasteiger partial charge is 0.337 e. The lowest BCUT2D eigenvalue weighted by Gasteiger charge is -2.11. The molecular weight excluding hydrogens is 286 g/mol. The standard InChI is InChI=1S/C12H14BrNO3/c1-3-4-10(15)14-11-8(12(16)17)5-7(2)6-9(11)13/h5-6H,3-4H2,1-2H3,(H,14,15)(H,16,17). The molecule has 0 unspecified atom stereocenters. The van der Waals surface area contributed by atoms with Crippen LogP contribution < -0.4 is 5.32 Å². The van der Waals surface area contributed by atoms with Gasteiger partial charge in [-0.25, -0.2) is 4.79 Å². The molecule has 0 heterocycles. The molecule has 1 aromatic rings. The van der Waals surface area contributed by atoms with Crippen molar-refractivity contribution in [3.8, 4) is 0 Å². The summed E-state index contributed by atoms with van der Waals surface area (Å²) >= 11 is 3.27. The van der Waals surface area contributed by atoms with Crippen molar-refractivity contribution in [1.29, 1.82) is 0 Å². The first kappa shape index (κ1) is 13.7. The molecule has 0 aliphatic heterocycles. The van der Waals surface area contributed by atoms with Crippen LogP contribution in [-0.2, 0) is 4.79 Å². The van der Waals surface area contributed by atoms with Crippen molar-refractivity contribution in [3.05, 3.63) is 27.7 Å². The number of carbonyl (C=O) groups excluding carboxylic acids is 1. The van der Waals surface area contributed by atoms with Gasteiger partial charge in [-0.3, -0.25) is 4.79 Å². The van der Waals surface area contributed by atoms with Crippen LogP contribution in [0.5, 0.6) is 0 Å². The Bertz CT molecular complexity index is 457. The van der Waals surface area contributed by atoms with E-state index in [4.69, 9.17) is 5.11 Å². The predicted octanol–water partition coefficient (Wildman–Crippen LogP) is 3.19. The molecule has 1 amide bonds. The molecule has 0 fully saturated rings. The number of aromatic carboxylic acids is 1. The lowest BCUT2D eigenvalue weighted by atomic mass is 10.1. The number of hydrogen-bond acceptors (Lipinski definition) is 2. The molecule has 1 aromatic carbocycles. The highest BCUT2D eigenvalue weighted by Crippen LogP contribution is 2.28. The number of nitrogens with one attached hydrogen (secondary N) is 1. The van der Waals surface area contributed by atoms with Crippen molar-refractivity contribution >= 4 is 33.5 Å². The Hall–Kier alpha value is -1.36. The Morgan fingerprint density at radius 2 is 2.06 bits per heavy atom. The Labute approximate surface area is 108 Å². The quantitative estimate of drug-likeness (QED) is 0.897. The van der Waals surface area contributed by atoms with Crippen LogP contribution in [0.3, 0.4) is 0 Å². The molecule has 92 valence electrons. The summed E-state index contributed by atoms with van der Waals surface area (Å²) < 4.78 is 0.583. The van der Waals surface area contributed by atoms with Gasteiger partial charge in [-0.05, 0) is 47.0 Å². The van der Waals surface area contributed by atoms with Crippen LogP contribution in [0.15, 0.2) is 16.6 Å². The molecule has 0 spiro atoms. The van der Waals surface area contributed by atoms with Gasteiger partial charge in [0.1, 0.15) is 0 Å². The lowest BCUT2D eigenvalue weighted by Crippen LogP contribution is -2.14. The van der Waals surface area contributed by atoms with Gasteiger partial charge >= 0.3 is 5.97 Å². The van der Waals surface area contributed by atoms with Crippen LogP contribution in [-0.4, -0.2) is 17.0 Å². The van der Waals surface area contributed by atoms with Crippen molar-refractivity contribution in [2.45, 2.75) is 26.7 Å². The minimum absolute atomic E-state index is 0.0985. The largest absolute Gasteiger partial charge is 0.478 e. The number of anilines is 1. The van der Waals surface area contributed by atoms with Crippen LogP contribution in [0.1, 0.15) is 35.7 Å². The van der Waals surface area contributed by atoms with Crippen molar-refractivity contribution in [1.82, 2.24) is 0 Å². The molecule has 0 aliphatic carbocycles. The summed E-state index contributed by atoms with van der Waals surface area (Å²) in [6.45, 7) is 3.69. The molecule has 4 nitrogen and oxygen atoms in total. The minimum Gasteiger partial charge on any atom is -0.478 e. The molecule has 0 radical (unpaired) electrons. The SMILES string of the molecule is CCCC(=O)Nc1c(Br)cc(C)cc1C(=O)O. The molecule has 17 heavy (non-hydrogen) atoms. The van der Waals surface area contributed by atoms with Crippen LogP contribution in [0.4, 0.5) is 5.69 Å². The summed E-state index contributed by atoms with van der Waals surface area (Å²) in [5.74, 6) is -1.24. The second-order valence-electron chi connectivity index (χ2n) is 3.77. The summed E-state index contributed by atoms with van der Waals surface area (Å²) in [5.41, 5.74) is 1.24. The van der Waals surface area contributed by atoms with Crippen molar-refractivity contribution in [2.24, 2.45) is 0 Å². The van der Waals surface area contributed by atoms with Crippen LogP contribution in [0, 0.1) is 6.92 Å². The maximum absolute atomic E-state index is 11.5. The summed E-state index contributed by atoms with van der Waals surface area (Å²) in [6.07, 6.45) is 1.09. The zero-order valence-corrected chi connectivity index (χ0v) is 11.3. The van der Waals surface area contributed by atoms with E-state index in [0.29, 0.717) is 16.6 Å². The predicted molar refractivity (Wildman–Crippen MR) is 69.4 cm³/mol. The summed E-state index contributed by atoms with van der Waals surface area (Å²) in [4.78, 5) is 22.6. The highest BCUT2D eigenvalue weighted by atomic mass is 79.9. The fourth-order valence-electron chi connectivity index (χ4n) is 1.47. The first-order valence-electron chi connectivity index (χ1n) is 5.29. The number of halogens is 1. The van der Waals surface area contributed by atoms with Gasteiger partial charge in [0.15, 0.2) is 0 Å². The van der Waals surface area contributed by atoms with E-state index in [9.17, 15) is 9.59 Å². The molecule has 0 saturated carbocycles. The fourth-order valence-corrected chi connectivity index (χ4v) is 2.14. The number of carboxylic acids is 1. The minimum atomic E-state index is -1.05. The van der Waals surface area contributed by atoms with Gasteiger partial charge in [-0.1, -0.05) is 6.92 Å². The molecule has 0 atom stereocenters. The Kier molecular flexibility index (Phi) is 4.69. The van der Waals surface area contributed by atoms with Gasteiger partial charge in [0, 0.05) is 10.9 Å². The van der Waals surface area contributed by atoms with Gasteiger partial charge in [0.25, 0.3) is 0 Å². The van der Waals surface area contributed by atoms with Crippen LogP contribution >= 0.6 is 15.9 Å². The molecular formula is C12H14BrNO3. The normalized spacial score (nSPS) is 10.1. The van der Waals surface area contributed by atoms with Gasteiger partial charge in [-0.15, -0.1) is 0 Å².